The van der Waals surface area contributed by atoms with Gasteiger partial charge in [0.2, 0.25) is 11.8 Å². The Morgan fingerprint density at radius 1 is 1.28 bits per heavy atom. The number of fused-ring (bicyclic) bond motifs is 1. The summed E-state index contributed by atoms with van der Waals surface area (Å²) in [5.41, 5.74) is 4.84. The average Bonchev–Trinajstić information content (AvgIpc) is 3.19. The van der Waals surface area contributed by atoms with Crippen molar-refractivity contribution in [2.75, 3.05) is 20.2 Å². The zero-order chi connectivity index (χ0) is 22.7. The Morgan fingerprint density at radius 3 is 2.88 bits per heavy atom. The summed E-state index contributed by atoms with van der Waals surface area (Å²) in [6, 6.07) is 11.4. The van der Waals surface area contributed by atoms with Crippen LogP contribution in [0.15, 0.2) is 42.6 Å². The Hall–Kier alpha value is -3.39. The average molecular weight is 436 g/mol. The summed E-state index contributed by atoms with van der Waals surface area (Å²) < 4.78 is 7.33. The summed E-state index contributed by atoms with van der Waals surface area (Å²) in [6.45, 7) is 6.20. The summed E-state index contributed by atoms with van der Waals surface area (Å²) in [6.07, 6.45) is 2.03. The van der Waals surface area contributed by atoms with Gasteiger partial charge in [-0.2, -0.15) is 0 Å². The van der Waals surface area contributed by atoms with Crippen molar-refractivity contribution in [1.29, 1.82) is 0 Å². The van der Waals surface area contributed by atoms with Gasteiger partial charge in [-0.3, -0.25) is 14.5 Å². The summed E-state index contributed by atoms with van der Waals surface area (Å²) >= 11 is 0. The number of pyridine rings is 1. The molecule has 2 amide bonds. The quantitative estimate of drug-likeness (QED) is 0.593. The number of hydrogen-bond donors (Lipinski definition) is 2. The molecular weight excluding hydrogens is 406 g/mol. The van der Waals surface area contributed by atoms with Crippen molar-refractivity contribution in [1.82, 2.24) is 24.9 Å². The molecule has 1 saturated heterocycles. The molecule has 1 atom stereocenters. The second-order valence-corrected chi connectivity index (χ2v) is 8.19. The van der Waals surface area contributed by atoms with Crippen LogP contribution in [0.5, 0.6) is 5.75 Å². The molecule has 3 heterocycles. The number of nitrogens with one attached hydrogen (secondary N) is 2. The predicted octanol–water partition coefficient (Wildman–Crippen LogP) is 1.97. The van der Waals surface area contributed by atoms with Gasteiger partial charge in [0, 0.05) is 31.5 Å². The molecule has 1 fully saturated rings. The highest BCUT2D eigenvalue weighted by molar-refractivity contribution is 5.88. The van der Waals surface area contributed by atoms with Crippen LogP contribution in [-0.2, 0) is 22.7 Å². The fourth-order valence-corrected chi connectivity index (χ4v) is 4.17. The number of nitrogens with zero attached hydrogens (tertiary/aromatic N) is 3. The van der Waals surface area contributed by atoms with Gasteiger partial charge in [0.1, 0.15) is 11.4 Å². The van der Waals surface area contributed by atoms with Crippen LogP contribution in [0.1, 0.15) is 28.9 Å². The van der Waals surface area contributed by atoms with E-state index in [1.165, 1.54) is 0 Å². The Morgan fingerprint density at radius 2 is 2.12 bits per heavy atom. The molecule has 168 valence electrons. The van der Waals surface area contributed by atoms with Crippen molar-refractivity contribution in [3.8, 4) is 5.75 Å². The molecule has 0 unspecified atom stereocenters. The molecule has 0 spiro atoms. The second-order valence-electron chi connectivity index (χ2n) is 8.19. The van der Waals surface area contributed by atoms with E-state index in [2.05, 4.69) is 26.6 Å². The molecule has 0 bridgehead atoms. The van der Waals surface area contributed by atoms with Crippen LogP contribution in [0.3, 0.4) is 0 Å². The molecule has 0 saturated carbocycles. The van der Waals surface area contributed by atoms with Crippen molar-refractivity contribution in [3.05, 3.63) is 65.1 Å². The third-order valence-electron chi connectivity index (χ3n) is 5.88. The summed E-state index contributed by atoms with van der Waals surface area (Å²) in [5, 5.41) is 5.80. The number of aryl methyl sites for hydroxylation is 2. The third-order valence-corrected chi connectivity index (χ3v) is 5.88. The molecular formula is C24H29N5O3. The van der Waals surface area contributed by atoms with Crippen molar-refractivity contribution in [3.63, 3.8) is 0 Å². The first kappa shape index (κ1) is 21.8. The number of ether oxygens (including phenoxy) is 1. The lowest BCUT2D eigenvalue weighted by atomic mass is 10.1. The van der Waals surface area contributed by atoms with E-state index in [1.54, 1.807) is 7.11 Å². The number of carbonyl (C=O) groups excluding carboxylic acids is 2. The molecule has 3 aromatic rings. The van der Waals surface area contributed by atoms with Crippen molar-refractivity contribution < 1.29 is 14.3 Å². The zero-order valence-electron chi connectivity index (χ0n) is 18.7. The van der Waals surface area contributed by atoms with Crippen LogP contribution in [0.2, 0.25) is 0 Å². The number of methoxy groups -OCH3 is 1. The molecule has 2 aromatic heterocycles. The lowest BCUT2D eigenvalue weighted by molar-refractivity contribution is -0.134. The minimum absolute atomic E-state index is 0.105. The van der Waals surface area contributed by atoms with Gasteiger partial charge in [-0.05, 0) is 43.2 Å². The fraction of sp³-hybridized carbons (Fsp3) is 0.375. The Labute approximate surface area is 187 Å². The number of piperazine rings is 1. The topological polar surface area (TPSA) is 88.0 Å². The molecule has 0 aliphatic carbocycles. The van der Waals surface area contributed by atoms with Crippen LogP contribution in [0.4, 0.5) is 0 Å². The largest absolute Gasteiger partial charge is 0.496 e. The van der Waals surface area contributed by atoms with E-state index in [9.17, 15) is 9.59 Å². The standard InChI is InChI=1S/C24H29N5O3/c1-16-11-18(7-8-21(16)32-3)14-28-10-9-25-24(31)20(28)12-23(30)26-13-19-15-29-17(2)5-4-6-22(29)27-19/h4-8,11,15,20H,9-10,12-14H2,1-3H3,(H,25,31)(H,26,30)/t20-/m0/s1. The zero-order valence-corrected chi connectivity index (χ0v) is 18.7. The molecule has 8 heteroatoms. The van der Waals surface area contributed by atoms with Crippen LogP contribution < -0.4 is 15.4 Å². The van der Waals surface area contributed by atoms with Gasteiger partial charge in [0.05, 0.1) is 31.8 Å². The molecule has 4 rings (SSSR count). The van der Waals surface area contributed by atoms with Gasteiger partial charge in [-0.25, -0.2) is 4.98 Å². The van der Waals surface area contributed by atoms with E-state index >= 15 is 0 Å². The number of hydrogen-bond acceptors (Lipinski definition) is 5. The number of imidazole rings is 1. The van der Waals surface area contributed by atoms with Gasteiger partial charge >= 0.3 is 0 Å². The van der Waals surface area contributed by atoms with E-state index in [0.29, 0.717) is 26.2 Å². The fourth-order valence-electron chi connectivity index (χ4n) is 4.17. The first-order chi connectivity index (χ1) is 15.4. The Kier molecular flexibility index (Phi) is 6.41. The van der Waals surface area contributed by atoms with E-state index in [1.807, 2.05) is 54.8 Å². The van der Waals surface area contributed by atoms with E-state index < -0.39 is 6.04 Å². The van der Waals surface area contributed by atoms with Gasteiger partial charge in [0.15, 0.2) is 0 Å². The summed E-state index contributed by atoms with van der Waals surface area (Å²) in [7, 11) is 1.65. The summed E-state index contributed by atoms with van der Waals surface area (Å²) in [5.74, 6) is 0.555. The van der Waals surface area contributed by atoms with Crippen molar-refractivity contribution in [2.24, 2.45) is 0 Å². The SMILES string of the molecule is COc1ccc(CN2CCNC(=O)[C@@H]2CC(=O)NCc2cn3c(C)cccc3n2)cc1C. The third kappa shape index (κ3) is 4.75. The molecule has 1 aliphatic rings. The van der Waals surface area contributed by atoms with Gasteiger partial charge in [-0.15, -0.1) is 0 Å². The summed E-state index contributed by atoms with van der Waals surface area (Å²) in [4.78, 5) is 31.8. The van der Waals surface area contributed by atoms with Gasteiger partial charge < -0.3 is 19.8 Å². The van der Waals surface area contributed by atoms with Crippen LogP contribution in [0, 0.1) is 13.8 Å². The molecule has 0 radical (unpaired) electrons. The van der Waals surface area contributed by atoms with Gasteiger partial charge in [0.25, 0.3) is 0 Å². The van der Waals surface area contributed by atoms with E-state index in [0.717, 1.165) is 33.9 Å². The van der Waals surface area contributed by atoms with Gasteiger partial charge in [-0.1, -0.05) is 18.2 Å². The highest BCUT2D eigenvalue weighted by Crippen LogP contribution is 2.21. The number of benzene rings is 1. The Bertz CT molecular complexity index is 1140. The Balaban J connectivity index is 1.39. The molecule has 1 aliphatic heterocycles. The highest BCUT2D eigenvalue weighted by Gasteiger charge is 2.31. The molecule has 2 N–H and O–H groups in total. The molecule has 8 nitrogen and oxygen atoms in total. The van der Waals surface area contributed by atoms with E-state index in [-0.39, 0.29) is 18.2 Å². The maximum Gasteiger partial charge on any atom is 0.237 e. The minimum Gasteiger partial charge on any atom is -0.496 e. The smallest absolute Gasteiger partial charge is 0.237 e. The first-order valence-corrected chi connectivity index (χ1v) is 10.8. The molecule has 1 aromatic carbocycles. The highest BCUT2D eigenvalue weighted by atomic mass is 16.5. The number of rotatable bonds is 7. The lowest BCUT2D eigenvalue weighted by Gasteiger charge is -2.34. The van der Waals surface area contributed by atoms with Crippen molar-refractivity contribution in [2.45, 2.75) is 39.4 Å². The predicted molar refractivity (Wildman–Crippen MR) is 121 cm³/mol. The van der Waals surface area contributed by atoms with Crippen LogP contribution in [-0.4, -0.2) is 52.3 Å². The monoisotopic (exact) mass is 435 g/mol. The number of carbonyl (C=O) groups is 2. The number of amides is 2. The van der Waals surface area contributed by atoms with E-state index in [4.69, 9.17) is 4.74 Å². The molecule has 32 heavy (non-hydrogen) atoms. The van der Waals surface area contributed by atoms with Crippen LogP contribution >= 0.6 is 0 Å². The van der Waals surface area contributed by atoms with Crippen molar-refractivity contribution >= 4 is 17.5 Å². The second kappa shape index (κ2) is 9.40. The maximum absolute atomic E-state index is 12.7. The lowest BCUT2D eigenvalue weighted by Crippen LogP contribution is -2.56. The van der Waals surface area contributed by atoms with Crippen LogP contribution in [0.25, 0.3) is 5.65 Å². The normalized spacial score (nSPS) is 16.7. The minimum atomic E-state index is -0.505. The number of aromatic nitrogens is 2. The maximum atomic E-state index is 12.7. The first-order valence-electron chi connectivity index (χ1n) is 10.8.